The minimum atomic E-state index is -0.183. The van der Waals surface area contributed by atoms with Crippen molar-refractivity contribution in [2.75, 3.05) is 26.7 Å². The molecule has 9 nitrogen and oxygen atoms in total. The Kier molecular flexibility index (Phi) is 6.22. The monoisotopic (exact) mass is 444 g/mol. The Morgan fingerprint density at radius 1 is 1.10 bits per heavy atom. The number of rotatable bonds is 3. The second kappa shape index (κ2) is 9.05. The number of aromatic nitrogens is 3. The molecule has 0 bridgehead atoms. The summed E-state index contributed by atoms with van der Waals surface area (Å²) in [5, 5.41) is 7.55. The number of carbonyl (C=O) groups is 3. The number of likely N-dealkylation sites (tertiary alicyclic amines) is 1. The smallest absolute Gasteiger partial charge is 0.274 e. The van der Waals surface area contributed by atoms with Crippen molar-refractivity contribution >= 4 is 29.3 Å². The third-order valence-corrected chi connectivity index (χ3v) is 6.25. The number of hydrogen-bond donors (Lipinski definition) is 1. The minimum absolute atomic E-state index is 0.0271. The van der Waals surface area contributed by atoms with Crippen LogP contribution in [0.3, 0.4) is 0 Å². The molecule has 1 N–H and O–H groups in total. The van der Waals surface area contributed by atoms with E-state index in [0.29, 0.717) is 61.8 Å². The van der Waals surface area contributed by atoms with E-state index in [0.717, 1.165) is 12.1 Å². The molecule has 2 aliphatic rings. The maximum absolute atomic E-state index is 13.0. The van der Waals surface area contributed by atoms with E-state index in [2.05, 4.69) is 15.4 Å². The van der Waals surface area contributed by atoms with Crippen LogP contribution in [0.4, 0.5) is 0 Å². The van der Waals surface area contributed by atoms with Crippen molar-refractivity contribution in [2.45, 2.75) is 32.4 Å². The number of nitrogens with zero attached hydrogens (tertiary/aromatic N) is 5. The molecule has 164 valence electrons. The normalized spacial score (nSPS) is 17.1. The largest absolute Gasteiger partial charge is 0.359 e. The minimum Gasteiger partial charge on any atom is -0.359 e. The Bertz CT molecular complexity index is 999. The van der Waals surface area contributed by atoms with Crippen LogP contribution >= 0.6 is 11.6 Å². The molecule has 4 heterocycles. The van der Waals surface area contributed by atoms with Gasteiger partial charge in [0.15, 0.2) is 5.69 Å². The highest BCUT2D eigenvalue weighted by Gasteiger charge is 2.30. The van der Waals surface area contributed by atoms with E-state index in [4.69, 9.17) is 11.6 Å². The standard InChI is InChI=1S/C21H25ClN6O3/c1-23-19(29)14-4-9-26(10-5-14)21(31)18-11-15-13-27(7-2-8-28(15)25-18)20(30)16-12-24-6-3-17(16)22/h3,6,11-12,14H,2,4-5,7-10,13H2,1H3,(H,23,29). The molecule has 2 aliphatic heterocycles. The summed E-state index contributed by atoms with van der Waals surface area (Å²) in [4.78, 5) is 45.2. The molecule has 3 amide bonds. The molecule has 0 aromatic carbocycles. The lowest BCUT2D eigenvalue weighted by Gasteiger charge is -2.30. The third-order valence-electron chi connectivity index (χ3n) is 5.92. The second-order valence-corrected chi connectivity index (χ2v) is 8.27. The molecule has 10 heteroatoms. The van der Waals surface area contributed by atoms with Gasteiger partial charge < -0.3 is 15.1 Å². The lowest BCUT2D eigenvalue weighted by Crippen LogP contribution is -2.42. The molecule has 0 spiro atoms. The first-order chi connectivity index (χ1) is 15.0. The van der Waals surface area contributed by atoms with E-state index in [-0.39, 0.29) is 23.6 Å². The molecule has 0 saturated carbocycles. The summed E-state index contributed by atoms with van der Waals surface area (Å²) in [6.45, 7) is 2.62. The first kappa shape index (κ1) is 21.3. The van der Waals surface area contributed by atoms with Gasteiger partial charge in [-0.05, 0) is 31.4 Å². The third kappa shape index (κ3) is 4.41. The fourth-order valence-corrected chi connectivity index (χ4v) is 4.34. The average molecular weight is 445 g/mol. The summed E-state index contributed by atoms with van der Waals surface area (Å²) in [7, 11) is 1.63. The molecular weight excluding hydrogens is 420 g/mol. The predicted octanol–water partition coefficient (Wildman–Crippen LogP) is 1.58. The van der Waals surface area contributed by atoms with E-state index < -0.39 is 0 Å². The zero-order valence-electron chi connectivity index (χ0n) is 17.4. The Balaban J connectivity index is 1.46. The SMILES string of the molecule is CNC(=O)C1CCN(C(=O)c2cc3n(n2)CCCN(C(=O)c2cnccc2Cl)C3)CC1. The van der Waals surface area contributed by atoms with Gasteiger partial charge in [0.1, 0.15) is 0 Å². The highest BCUT2D eigenvalue weighted by molar-refractivity contribution is 6.33. The van der Waals surface area contributed by atoms with Crippen LogP contribution < -0.4 is 5.32 Å². The second-order valence-electron chi connectivity index (χ2n) is 7.86. The molecule has 0 aliphatic carbocycles. The number of piperidine rings is 1. The number of amides is 3. The van der Waals surface area contributed by atoms with Crippen molar-refractivity contribution in [1.29, 1.82) is 0 Å². The lowest BCUT2D eigenvalue weighted by molar-refractivity contribution is -0.125. The van der Waals surface area contributed by atoms with Crippen LogP contribution in [0.15, 0.2) is 24.5 Å². The molecule has 1 saturated heterocycles. The Morgan fingerprint density at radius 3 is 2.58 bits per heavy atom. The first-order valence-electron chi connectivity index (χ1n) is 10.4. The van der Waals surface area contributed by atoms with Gasteiger partial charge in [0, 0.05) is 51.5 Å². The number of nitrogens with one attached hydrogen (secondary N) is 1. The van der Waals surface area contributed by atoms with Gasteiger partial charge in [-0.2, -0.15) is 5.10 Å². The summed E-state index contributed by atoms with van der Waals surface area (Å²) in [6, 6.07) is 3.37. The number of carbonyl (C=O) groups excluding carboxylic acids is 3. The summed E-state index contributed by atoms with van der Waals surface area (Å²) in [6.07, 6.45) is 5.04. The van der Waals surface area contributed by atoms with Gasteiger partial charge >= 0.3 is 0 Å². The predicted molar refractivity (Wildman–Crippen MR) is 114 cm³/mol. The molecule has 0 radical (unpaired) electrons. The molecule has 2 aromatic heterocycles. The number of fused-ring (bicyclic) bond motifs is 1. The number of halogens is 1. The molecular formula is C21H25ClN6O3. The van der Waals surface area contributed by atoms with Gasteiger partial charge in [-0.15, -0.1) is 0 Å². The van der Waals surface area contributed by atoms with Crippen LogP contribution in [0.25, 0.3) is 0 Å². The molecule has 0 unspecified atom stereocenters. The zero-order chi connectivity index (χ0) is 22.0. The van der Waals surface area contributed by atoms with E-state index in [9.17, 15) is 14.4 Å². The summed E-state index contributed by atoms with van der Waals surface area (Å²) < 4.78 is 1.81. The van der Waals surface area contributed by atoms with Crippen molar-refractivity contribution in [1.82, 2.24) is 29.9 Å². The van der Waals surface area contributed by atoms with Crippen LogP contribution in [-0.2, 0) is 17.9 Å². The topological polar surface area (TPSA) is 100 Å². The van der Waals surface area contributed by atoms with Gasteiger partial charge in [-0.3, -0.25) is 24.0 Å². The number of aryl methyl sites for hydroxylation is 1. The van der Waals surface area contributed by atoms with Crippen LogP contribution in [0.5, 0.6) is 0 Å². The van der Waals surface area contributed by atoms with Crippen molar-refractivity contribution in [3.8, 4) is 0 Å². The first-order valence-corrected chi connectivity index (χ1v) is 10.8. The average Bonchev–Trinajstić information content (AvgIpc) is 3.09. The van der Waals surface area contributed by atoms with Crippen molar-refractivity contribution in [2.24, 2.45) is 5.92 Å². The van der Waals surface area contributed by atoms with Crippen LogP contribution in [0.1, 0.15) is 45.8 Å². The fraction of sp³-hybridized carbons (Fsp3) is 0.476. The molecule has 1 fully saturated rings. The van der Waals surface area contributed by atoms with Crippen LogP contribution in [-0.4, -0.2) is 69.0 Å². The van der Waals surface area contributed by atoms with E-state index >= 15 is 0 Å². The summed E-state index contributed by atoms with van der Waals surface area (Å²) in [5.41, 5.74) is 1.56. The molecule has 2 aromatic rings. The molecule has 4 rings (SSSR count). The van der Waals surface area contributed by atoms with Gasteiger partial charge in [-0.1, -0.05) is 11.6 Å². The van der Waals surface area contributed by atoms with Crippen molar-refractivity contribution in [3.63, 3.8) is 0 Å². The lowest BCUT2D eigenvalue weighted by atomic mass is 9.96. The maximum Gasteiger partial charge on any atom is 0.274 e. The van der Waals surface area contributed by atoms with Crippen molar-refractivity contribution < 1.29 is 14.4 Å². The van der Waals surface area contributed by atoms with Crippen LogP contribution in [0, 0.1) is 5.92 Å². The highest BCUT2D eigenvalue weighted by atomic mass is 35.5. The van der Waals surface area contributed by atoms with Crippen LogP contribution in [0.2, 0.25) is 5.02 Å². The van der Waals surface area contributed by atoms with Gasteiger partial charge in [-0.25, -0.2) is 0 Å². The van der Waals surface area contributed by atoms with Gasteiger partial charge in [0.05, 0.1) is 22.8 Å². The number of hydrogen-bond acceptors (Lipinski definition) is 5. The Labute approximate surface area is 185 Å². The maximum atomic E-state index is 13.0. The molecule has 0 atom stereocenters. The van der Waals surface area contributed by atoms with Crippen molar-refractivity contribution in [3.05, 3.63) is 46.5 Å². The quantitative estimate of drug-likeness (QED) is 0.774. The van der Waals surface area contributed by atoms with E-state index in [1.165, 1.54) is 6.20 Å². The Morgan fingerprint density at radius 2 is 1.87 bits per heavy atom. The summed E-state index contributed by atoms with van der Waals surface area (Å²) in [5.74, 6) is -0.341. The van der Waals surface area contributed by atoms with E-state index in [1.54, 1.807) is 35.2 Å². The summed E-state index contributed by atoms with van der Waals surface area (Å²) >= 11 is 6.17. The van der Waals surface area contributed by atoms with E-state index in [1.807, 2.05) is 4.68 Å². The van der Waals surface area contributed by atoms with Gasteiger partial charge in [0.25, 0.3) is 11.8 Å². The van der Waals surface area contributed by atoms with Gasteiger partial charge in [0.2, 0.25) is 5.91 Å². The highest BCUT2D eigenvalue weighted by Crippen LogP contribution is 2.22. The number of pyridine rings is 1. The zero-order valence-corrected chi connectivity index (χ0v) is 18.1. The Hall–Kier alpha value is -2.94. The molecule has 31 heavy (non-hydrogen) atoms. The fourth-order valence-electron chi connectivity index (χ4n) is 4.16.